The van der Waals surface area contributed by atoms with Crippen LogP contribution in [0.15, 0.2) is 30.6 Å². The highest BCUT2D eigenvalue weighted by atomic mass is 31.2. The van der Waals surface area contributed by atoms with Gasteiger partial charge in [0.1, 0.15) is 12.7 Å². The van der Waals surface area contributed by atoms with Gasteiger partial charge in [0.2, 0.25) is 0 Å². The van der Waals surface area contributed by atoms with E-state index in [0.29, 0.717) is 6.54 Å². The van der Waals surface area contributed by atoms with Gasteiger partial charge in [0, 0.05) is 19.2 Å². The molecule has 0 aliphatic heterocycles. The topological polar surface area (TPSA) is 80.9 Å². The molecular formula is C25H46NO6P. The summed E-state index contributed by atoms with van der Waals surface area (Å²) in [6, 6.07) is 5.64. The summed E-state index contributed by atoms with van der Waals surface area (Å²) < 4.78 is 35.9. The van der Waals surface area contributed by atoms with Gasteiger partial charge in [-0.15, -0.1) is 0 Å². The van der Waals surface area contributed by atoms with Crippen LogP contribution in [0.3, 0.4) is 0 Å². The predicted octanol–water partition coefficient (Wildman–Crippen LogP) is 5.55. The molecule has 0 N–H and O–H groups in total. The molecule has 8 heteroatoms. The lowest BCUT2D eigenvalue weighted by molar-refractivity contribution is -0.697. The van der Waals surface area contributed by atoms with Crippen LogP contribution in [0, 0.1) is 0 Å². The minimum atomic E-state index is -4.54. The summed E-state index contributed by atoms with van der Waals surface area (Å²) in [5, 5.41) is 0. The predicted molar refractivity (Wildman–Crippen MR) is 129 cm³/mol. The fourth-order valence-corrected chi connectivity index (χ4v) is 4.41. The summed E-state index contributed by atoms with van der Waals surface area (Å²) in [6.07, 6.45) is 15.0. The Morgan fingerprint density at radius 3 is 2.12 bits per heavy atom. The molecule has 1 rings (SSSR count). The smallest absolute Gasteiger partial charge is 0.270 e. The Bertz CT molecular complexity index is 633. The zero-order chi connectivity index (χ0) is 24.4. The Hall–Kier alpha value is -0.820. The van der Waals surface area contributed by atoms with E-state index < -0.39 is 20.2 Å². The van der Waals surface area contributed by atoms with E-state index in [2.05, 4.69) is 6.92 Å². The third-order valence-corrected chi connectivity index (χ3v) is 6.74. The third kappa shape index (κ3) is 14.9. The van der Waals surface area contributed by atoms with Crippen molar-refractivity contribution in [2.24, 2.45) is 0 Å². The lowest BCUT2D eigenvalue weighted by Gasteiger charge is -2.32. The maximum atomic E-state index is 12.4. The molecule has 1 heterocycles. The number of rotatable bonds is 21. The molecule has 0 saturated heterocycles. The Kier molecular flexibility index (Phi) is 16.9. The summed E-state index contributed by atoms with van der Waals surface area (Å²) in [6.45, 7) is 6.40. The summed E-state index contributed by atoms with van der Waals surface area (Å²) in [4.78, 5) is 12.4. The molecule has 0 aliphatic carbocycles. The highest BCUT2D eigenvalue weighted by Gasteiger charge is 2.27. The molecule has 0 saturated carbocycles. The second-order valence-electron chi connectivity index (χ2n) is 8.59. The van der Waals surface area contributed by atoms with E-state index in [0.717, 1.165) is 19.3 Å². The average molecular weight is 488 g/mol. The van der Waals surface area contributed by atoms with E-state index in [1.807, 2.05) is 42.1 Å². The van der Waals surface area contributed by atoms with Crippen LogP contribution in [0.5, 0.6) is 0 Å². The normalized spacial score (nSPS) is 16.3. The summed E-state index contributed by atoms with van der Waals surface area (Å²) >= 11 is 0. The summed E-state index contributed by atoms with van der Waals surface area (Å²) in [5.41, 5.74) is 0. The molecule has 0 fully saturated rings. The number of aromatic nitrogens is 1. The molecule has 3 unspecified atom stereocenters. The van der Waals surface area contributed by atoms with Gasteiger partial charge in [-0.3, -0.25) is 9.09 Å². The van der Waals surface area contributed by atoms with Gasteiger partial charge < -0.3 is 18.9 Å². The van der Waals surface area contributed by atoms with Crippen molar-refractivity contribution in [3.8, 4) is 0 Å². The van der Waals surface area contributed by atoms with Crippen molar-refractivity contribution in [3.05, 3.63) is 30.6 Å². The van der Waals surface area contributed by atoms with Gasteiger partial charge in [0.25, 0.3) is 7.82 Å². The number of ether oxygens (including phenoxy) is 2. The number of hydrogen-bond acceptors (Lipinski definition) is 6. The minimum absolute atomic E-state index is 0.0147. The lowest BCUT2D eigenvalue weighted by Crippen LogP contribution is -2.37. The number of unbranched alkanes of at least 4 members (excludes halogenated alkanes) is 8. The maximum absolute atomic E-state index is 12.4. The van der Waals surface area contributed by atoms with E-state index in [9.17, 15) is 9.46 Å². The molecule has 0 amide bonds. The van der Waals surface area contributed by atoms with Crippen LogP contribution in [0.1, 0.15) is 91.4 Å². The second kappa shape index (κ2) is 18.5. The van der Waals surface area contributed by atoms with Crippen LogP contribution in [0.4, 0.5) is 0 Å². The first-order valence-corrected chi connectivity index (χ1v) is 14.1. The first kappa shape index (κ1) is 30.2. The largest absolute Gasteiger partial charge is 0.756 e. The highest BCUT2D eigenvalue weighted by molar-refractivity contribution is 7.45. The zero-order valence-electron chi connectivity index (χ0n) is 21.2. The van der Waals surface area contributed by atoms with E-state index in [1.165, 1.54) is 58.5 Å². The van der Waals surface area contributed by atoms with E-state index in [4.69, 9.17) is 18.5 Å². The van der Waals surface area contributed by atoms with Crippen LogP contribution >= 0.6 is 7.82 Å². The Morgan fingerprint density at radius 1 is 0.939 bits per heavy atom. The first-order valence-electron chi connectivity index (χ1n) is 12.7. The van der Waals surface area contributed by atoms with Crippen LogP contribution in [0.25, 0.3) is 0 Å². The number of nitrogens with zero attached hydrogens (tertiary/aromatic N) is 1. The Morgan fingerprint density at radius 2 is 1.55 bits per heavy atom. The third-order valence-electron chi connectivity index (χ3n) is 5.78. The first-order chi connectivity index (χ1) is 15.9. The molecule has 0 spiro atoms. The molecule has 1 aromatic rings. The van der Waals surface area contributed by atoms with Crippen molar-refractivity contribution in [1.82, 2.24) is 0 Å². The van der Waals surface area contributed by atoms with Gasteiger partial charge in [-0.2, -0.15) is 0 Å². The molecule has 0 aliphatic rings. The number of methoxy groups -OCH3 is 1. The van der Waals surface area contributed by atoms with Crippen molar-refractivity contribution in [2.75, 3.05) is 13.7 Å². The minimum Gasteiger partial charge on any atom is -0.756 e. The molecule has 0 aromatic carbocycles. The quantitative estimate of drug-likeness (QED) is 0.0978. The molecule has 1 aromatic heterocycles. The summed E-state index contributed by atoms with van der Waals surface area (Å²) in [5.74, 6) is 0. The number of hydrogen-bond donors (Lipinski definition) is 0. The van der Waals surface area contributed by atoms with Crippen molar-refractivity contribution in [1.29, 1.82) is 0 Å². The van der Waals surface area contributed by atoms with Gasteiger partial charge in [-0.25, -0.2) is 4.57 Å². The second-order valence-corrected chi connectivity index (χ2v) is 9.96. The SMILES string of the molecule is CCCCCCCCCCCC(CC)OC(OP(=O)([O-])OCC[n+]1ccccc1)[C@@H](C)OC. The van der Waals surface area contributed by atoms with Crippen molar-refractivity contribution in [2.45, 2.75) is 116 Å². The molecule has 192 valence electrons. The standard InChI is InChI=1S/C25H46NO6P/c1-5-7-8-9-10-11-12-13-15-18-24(6-2)31-25(23(3)29-4)32-33(27,28)30-22-21-26-19-16-14-17-20-26/h14,16-17,19-20,23-25H,5-13,15,18,21-22H2,1-4H3/t23-,24?,25?/m1/s1. The van der Waals surface area contributed by atoms with Crippen molar-refractivity contribution < 1.29 is 32.5 Å². The number of pyridine rings is 1. The van der Waals surface area contributed by atoms with E-state index >= 15 is 0 Å². The number of phosphoric ester groups is 1. The highest BCUT2D eigenvalue weighted by Crippen LogP contribution is 2.41. The Labute approximate surface area is 201 Å². The molecule has 33 heavy (non-hydrogen) atoms. The van der Waals surface area contributed by atoms with Gasteiger partial charge >= 0.3 is 0 Å². The van der Waals surface area contributed by atoms with Gasteiger partial charge in [0.15, 0.2) is 25.2 Å². The molecule has 4 atom stereocenters. The lowest BCUT2D eigenvalue weighted by atomic mass is 10.0. The number of phosphoric acid groups is 1. The van der Waals surface area contributed by atoms with Crippen LogP contribution in [-0.4, -0.2) is 32.2 Å². The Balaban J connectivity index is 2.39. The molecule has 0 radical (unpaired) electrons. The monoisotopic (exact) mass is 487 g/mol. The van der Waals surface area contributed by atoms with Gasteiger partial charge in [-0.05, 0) is 19.8 Å². The summed E-state index contributed by atoms with van der Waals surface area (Å²) in [7, 11) is -3.03. The molecule has 7 nitrogen and oxygen atoms in total. The van der Waals surface area contributed by atoms with Gasteiger partial charge in [-0.1, -0.05) is 77.7 Å². The van der Waals surface area contributed by atoms with E-state index in [-0.39, 0.29) is 12.7 Å². The zero-order valence-corrected chi connectivity index (χ0v) is 22.0. The fraction of sp³-hybridized carbons (Fsp3) is 0.800. The van der Waals surface area contributed by atoms with Gasteiger partial charge in [0.05, 0.1) is 6.10 Å². The molecular weight excluding hydrogens is 441 g/mol. The van der Waals surface area contributed by atoms with Crippen molar-refractivity contribution >= 4 is 7.82 Å². The molecule has 0 bridgehead atoms. The van der Waals surface area contributed by atoms with Crippen LogP contribution in [-0.2, 0) is 29.6 Å². The van der Waals surface area contributed by atoms with Crippen LogP contribution in [0.2, 0.25) is 0 Å². The van der Waals surface area contributed by atoms with Crippen LogP contribution < -0.4 is 9.46 Å². The van der Waals surface area contributed by atoms with Crippen molar-refractivity contribution in [3.63, 3.8) is 0 Å². The fourth-order valence-electron chi connectivity index (χ4n) is 3.57. The average Bonchev–Trinajstić information content (AvgIpc) is 2.81. The maximum Gasteiger partial charge on any atom is 0.270 e. The van der Waals surface area contributed by atoms with E-state index in [1.54, 1.807) is 6.92 Å².